The quantitative estimate of drug-likeness (QED) is 0.811. The lowest BCUT2D eigenvalue weighted by molar-refractivity contribution is -0.122. The Kier molecular flexibility index (Phi) is 6.79. The highest BCUT2D eigenvalue weighted by Gasteiger charge is 2.23. The van der Waals surface area contributed by atoms with Crippen LogP contribution in [0, 0.1) is 13.8 Å². The highest BCUT2D eigenvalue weighted by molar-refractivity contribution is 5.94. The highest BCUT2D eigenvalue weighted by atomic mass is 16.2. The van der Waals surface area contributed by atoms with E-state index in [0.29, 0.717) is 19.6 Å². The Morgan fingerprint density at radius 1 is 1.04 bits per heavy atom. The molecule has 1 aliphatic heterocycles. The molecule has 1 fully saturated rings. The topological polar surface area (TPSA) is 52.7 Å². The number of carbonyl (C=O) groups excluding carboxylic acids is 2. The van der Waals surface area contributed by atoms with Crippen molar-refractivity contribution >= 4 is 11.8 Å². The summed E-state index contributed by atoms with van der Waals surface area (Å²) >= 11 is 0. The molecule has 5 nitrogen and oxygen atoms in total. The molecule has 1 N–H and O–H groups in total. The van der Waals surface area contributed by atoms with Gasteiger partial charge in [-0.1, -0.05) is 30.5 Å². The zero-order chi connectivity index (χ0) is 17.5. The molecule has 5 heteroatoms. The van der Waals surface area contributed by atoms with E-state index in [-0.39, 0.29) is 11.8 Å². The average molecular weight is 331 g/mol. The lowest BCUT2D eigenvalue weighted by Crippen LogP contribution is -2.51. The molecule has 0 radical (unpaired) electrons. The van der Waals surface area contributed by atoms with Gasteiger partial charge >= 0.3 is 0 Å². The number of nitrogens with zero attached hydrogens (tertiary/aromatic N) is 2. The van der Waals surface area contributed by atoms with E-state index >= 15 is 0 Å². The summed E-state index contributed by atoms with van der Waals surface area (Å²) in [5.74, 6) is 0.173. The second-order valence-corrected chi connectivity index (χ2v) is 6.65. The number of hydrogen-bond acceptors (Lipinski definition) is 3. The normalized spacial score (nSPS) is 15.4. The highest BCUT2D eigenvalue weighted by Crippen LogP contribution is 2.13. The van der Waals surface area contributed by atoms with Crippen molar-refractivity contribution in [1.29, 1.82) is 0 Å². The Balaban J connectivity index is 1.81. The zero-order valence-corrected chi connectivity index (χ0v) is 15.1. The molecule has 0 saturated carbocycles. The molecule has 0 bridgehead atoms. The number of nitrogens with one attached hydrogen (secondary N) is 1. The van der Waals surface area contributed by atoms with Crippen LogP contribution in [0.3, 0.4) is 0 Å². The Morgan fingerprint density at radius 3 is 2.25 bits per heavy atom. The predicted molar refractivity (Wildman–Crippen MR) is 96.2 cm³/mol. The third-order valence-electron chi connectivity index (χ3n) is 4.35. The van der Waals surface area contributed by atoms with E-state index in [1.54, 1.807) is 0 Å². The third-order valence-corrected chi connectivity index (χ3v) is 4.35. The zero-order valence-electron chi connectivity index (χ0n) is 15.1. The molecule has 24 heavy (non-hydrogen) atoms. The van der Waals surface area contributed by atoms with Gasteiger partial charge in [-0.3, -0.25) is 14.5 Å². The number of amides is 2. The first-order valence-corrected chi connectivity index (χ1v) is 8.86. The van der Waals surface area contributed by atoms with Crippen LogP contribution in [0.25, 0.3) is 0 Å². The Bertz CT molecular complexity index is 558. The fourth-order valence-corrected chi connectivity index (χ4v) is 3.05. The molecular formula is C19H29N3O2. The summed E-state index contributed by atoms with van der Waals surface area (Å²) in [6.45, 7) is 10.2. The molecule has 2 rings (SSSR count). The molecule has 0 spiro atoms. The fraction of sp³-hybridized carbons (Fsp3) is 0.579. The number of unbranched alkanes of at least 4 members (excludes halogenated alkanes) is 1. The summed E-state index contributed by atoms with van der Waals surface area (Å²) in [4.78, 5) is 28.5. The van der Waals surface area contributed by atoms with Crippen molar-refractivity contribution in [2.45, 2.75) is 33.6 Å². The van der Waals surface area contributed by atoms with E-state index in [0.717, 1.165) is 49.2 Å². The summed E-state index contributed by atoms with van der Waals surface area (Å²) in [6.07, 6.45) is 2.10. The minimum atomic E-state index is 0.0811. The molecular weight excluding hydrogens is 302 g/mol. The fourth-order valence-electron chi connectivity index (χ4n) is 3.05. The SMILES string of the molecule is CCCCNC(=O)CN1CCN(C(=O)c2cc(C)cc(C)c2)CC1. The van der Waals surface area contributed by atoms with E-state index in [1.807, 2.05) is 30.9 Å². The Labute approximate surface area is 145 Å². The first kappa shape index (κ1) is 18.5. The summed E-state index contributed by atoms with van der Waals surface area (Å²) < 4.78 is 0. The minimum absolute atomic E-state index is 0.0811. The summed E-state index contributed by atoms with van der Waals surface area (Å²) in [7, 11) is 0. The van der Waals surface area contributed by atoms with Gasteiger partial charge in [0.1, 0.15) is 0 Å². The number of piperazine rings is 1. The number of rotatable bonds is 6. The second-order valence-electron chi connectivity index (χ2n) is 6.65. The van der Waals surface area contributed by atoms with Gasteiger partial charge in [-0.15, -0.1) is 0 Å². The van der Waals surface area contributed by atoms with E-state index in [1.165, 1.54) is 0 Å². The van der Waals surface area contributed by atoms with E-state index in [2.05, 4.69) is 23.2 Å². The maximum Gasteiger partial charge on any atom is 0.253 e. The van der Waals surface area contributed by atoms with Gasteiger partial charge in [0.25, 0.3) is 5.91 Å². The maximum absolute atomic E-state index is 12.6. The van der Waals surface area contributed by atoms with Crippen LogP contribution >= 0.6 is 0 Å². The molecule has 1 aromatic rings. The van der Waals surface area contributed by atoms with E-state index in [4.69, 9.17) is 0 Å². The van der Waals surface area contributed by atoms with Crippen LogP contribution in [0.4, 0.5) is 0 Å². The van der Waals surface area contributed by atoms with Crippen molar-refractivity contribution in [1.82, 2.24) is 15.1 Å². The maximum atomic E-state index is 12.6. The van der Waals surface area contributed by atoms with Gasteiger partial charge in [-0.05, 0) is 32.4 Å². The third kappa shape index (κ3) is 5.34. The summed E-state index contributed by atoms with van der Waals surface area (Å²) in [6, 6.07) is 5.97. The molecule has 1 saturated heterocycles. The molecule has 2 amide bonds. The lowest BCUT2D eigenvalue weighted by Gasteiger charge is -2.34. The summed E-state index contributed by atoms with van der Waals surface area (Å²) in [5.41, 5.74) is 2.99. The van der Waals surface area contributed by atoms with Crippen LogP contribution in [0.1, 0.15) is 41.3 Å². The van der Waals surface area contributed by atoms with Crippen molar-refractivity contribution in [3.8, 4) is 0 Å². The molecule has 1 aliphatic rings. The van der Waals surface area contributed by atoms with Crippen LogP contribution in [0.2, 0.25) is 0 Å². The molecule has 0 atom stereocenters. The number of carbonyl (C=O) groups is 2. The molecule has 1 heterocycles. The molecule has 132 valence electrons. The van der Waals surface area contributed by atoms with Crippen LogP contribution in [0.5, 0.6) is 0 Å². The monoisotopic (exact) mass is 331 g/mol. The van der Waals surface area contributed by atoms with E-state index < -0.39 is 0 Å². The van der Waals surface area contributed by atoms with Gasteiger partial charge in [0.15, 0.2) is 0 Å². The van der Waals surface area contributed by atoms with Gasteiger partial charge in [-0.2, -0.15) is 0 Å². The predicted octanol–water partition coefficient (Wildman–Crippen LogP) is 1.98. The van der Waals surface area contributed by atoms with Gasteiger partial charge in [0, 0.05) is 38.3 Å². The lowest BCUT2D eigenvalue weighted by atomic mass is 10.1. The van der Waals surface area contributed by atoms with E-state index in [9.17, 15) is 9.59 Å². The van der Waals surface area contributed by atoms with Gasteiger partial charge in [0.05, 0.1) is 6.54 Å². The first-order valence-electron chi connectivity index (χ1n) is 8.86. The van der Waals surface area contributed by atoms with Gasteiger partial charge < -0.3 is 10.2 Å². The van der Waals surface area contributed by atoms with Crippen molar-refractivity contribution in [2.24, 2.45) is 0 Å². The van der Waals surface area contributed by atoms with Crippen molar-refractivity contribution in [2.75, 3.05) is 39.3 Å². The number of hydrogen-bond donors (Lipinski definition) is 1. The number of aryl methyl sites for hydroxylation is 2. The second kappa shape index (κ2) is 8.83. The van der Waals surface area contributed by atoms with Crippen LogP contribution in [-0.2, 0) is 4.79 Å². The van der Waals surface area contributed by atoms with Crippen molar-refractivity contribution in [3.05, 3.63) is 34.9 Å². The standard InChI is InChI=1S/C19H29N3O2/c1-4-5-6-20-18(23)14-21-7-9-22(10-8-21)19(24)17-12-15(2)11-16(3)13-17/h11-13H,4-10,14H2,1-3H3,(H,20,23). The van der Waals surface area contributed by atoms with Crippen LogP contribution in [-0.4, -0.2) is 60.9 Å². The van der Waals surface area contributed by atoms with Crippen molar-refractivity contribution in [3.63, 3.8) is 0 Å². The first-order chi connectivity index (χ1) is 11.5. The van der Waals surface area contributed by atoms with Gasteiger partial charge in [0.2, 0.25) is 5.91 Å². The molecule has 0 unspecified atom stereocenters. The van der Waals surface area contributed by atoms with Crippen LogP contribution < -0.4 is 5.32 Å². The summed E-state index contributed by atoms with van der Waals surface area (Å²) in [5, 5.41) is 2.94. The molecule has 0 aromatic heterocycles. The smallest absolute Gasteiger partial charge is 0.253 e. The Hall–Kier alpha value is -1.88. The van der Waals surface area contributed by atoms with Gasteiger partial charge in [-0.25, -0.2) is 0 Å². The largest absolute Gasteiger partial charge is 0.355 e. The molecule has 0 aliphatic carbocycles. The average Bonchev–Trinajstić information content (AvgIpc) is 2.54. The minimum Gasteiger partial charge on any atom is -0.355 e. The molecule has 1 aromatic carbocycles. The van der Waals surface area contributed by atoms with Crippen LogP contribution in [0.15, 0.2) is 18.2 Å². The number of benzene rings is 1. The Morgan fingerprint density at radius 2 is 1.67 bits per heavy atom. The van der Waals surface area contributed by atoms with Crippen molar-refractivity contribution < 1.29 is 9.59 Å².